The van der Waals surface area contributed by atoms with Gasteiger partial charge in [-0.3, -0.25) is 4.79 Å². The lowest BCUT2D eigenvalue weighted by Gasteiger charge is -2.10. The van der Waals surface area contributed by atoms with Crippen LogP contribution in [0.1, 0.15) is 32.1 Å². The average Bonchev–Trinajstić information content (AvgIpc) is 2.92. The van der Waals surface area contributed by atoms with Crippen LogP contribution in [0.25, 0.3) is 0 Å². The topological polar surface area (TPSA) is 63.2 Å². The third kappa shape index (κ3) is 4.34. The van der Waals surface area contributed by atoms with E-state index < -0.39 is 9.84 Å². The zero-order valence-electron chi connectivity index (χ0n) is 11.5. The van der Waals surface area contributed by atoms with E-state index in [9.17, 15) is 13.2 Å². The lowest BCUT2D eigenvalue weighted by Crippen LogP contribution is -2.30. The second-order valence-corrected chi connectivity index (χ2v) is 7.45. The molecule has 0 spiro atoms. The summed E-state index contributed by atoms with van der Waals surface area (Å²) in [4.78, 5) is 12.0. The summed E-state index contributed by atoms with van der Waals surface area (Å²) in [6, 6.07) is 8.34. The van der Waals surface area contributed by atoms with Crippen molar-refractivity contribution < 1.29 is 13.2 Å². The molecule has 1 aromatic carbocycles. The van der Waals surface area contributed by atoms with Crippen molar-refractivity contribution in [1.82, 2.24) is 5.32 Å². The maximum absolute atomic E-state index is 12.0. The molecule has 1 aliphatic rings. The third-order valence-corrected chi connectivity index (χ3v) is 5.48. The highest BCUT2D eigenvalue weighted by Gasteiger charge is 2.19. The molecule has 1 aliphatic carbocycles. The van der Waals surface area contributed by atoms with Gasteiger partial charge in [0, 0.05) is 13.0 Å². The van der Waals surface area contributed by atoms with E-state index in [-0.39, 0.29) is 18.2 Å². The molecule has 0 aromatic heterocycles. The first-order valence-corrected chi connectivity index (χ1v) is 8.78. The summed E-state index contributed by atoms with van der Waals surface area (Å²) in [5.41, 5.74) is 0. The molecular formula is C15H21NO3S. The number of benzene rings is 1. The molecule has 5 heteroatoms. The van der Waals surface area contributed by atoms with E-state index in [1.165, 1.54) is 12.8 Å². The van der Waals surface area contributed by atoms with Gasteiger partial charge in [0.25, 0.3) is 0 Å². The van der Waals surface area contributed by atoms with Gasteiger partial charge in [-0.05, 0) is 30.9 Å². The first-order chi connectivity index (χ1) is 9.58. The van der Waals surface area contributed by atoms with Gasteiger partial charge in [0.05, 0.1) is 10.6 Å². The van der Waals surface area contributed by atoms with Crippen molar-refractivity contribution in [3.8, 4) is 0 Å². The van der Waals surface area contributed by atoms with Gasteiger partial charge >= 0.3 is 0 Å². The molecular weight excluding hydrogens is 274 g/mol. The van der Waals surface area contributed by atoms with Crippen molar-refractivity contribution in [2.24, 2.45) is 5.92 Å². The second-order valence-electron chi connectivity index (χ2n) is 5.34. The largest absolute Gasteiger partial charge is 0.355 e. The van der Waals surface area contributed by atoms with Gasteiger partial charge in [-0.25, -0.2) is 8.42 Å². The summed E-state index contributed by atoms with van der Waals surface area (Å²) >= 11 is 0. The van der Waals surface area contributed by atoms with Crippen molar-refractivity contribution in [2.75, 3.05) is 12.3 Å². The molecule has 0 unspecified atom stereocenters. The standard InChI is InChI=1S/C15H21NO3S/c17-15(12-13-6-4-5-7-13)16-10-11-20(18,19)14-8-2-1-3-9-14/h1-3,8-9,13H,4-7,10-12H2,(H,16,17). The Morgan fingerprint density at radius 3 is 2.45 bits per heavy atom. The van der Waals surface area contributed by atoms with Crippen LogP contribution in [0.15, 0.2) is 35.2 Å². The van der Waals surface area contributed by atoms with E-state index in [2.05, 4.69) is 5.32 Å². The van der Waals surface area contributed by atoms with Crippen LogP contribution in [0.2, 0.25) is 0 Å². The Morgan fingerprint density at radius 1 is 1.15 bits per heavy atom. The molecule has 0 aliphatic heterocycles. The Kier molecular flexibility index (Phi) is 5.17. The third-order valence-electron chi connectivity index (χ3n) is 3.74. The van der Waals surface area contributed by atoms with E-state index in [0.717, 1.165) is 12.8 Å². The zero-order chi connectivity index (χ0) is 14.4. The van der Waals surface area contributed by atoms with E-state index in [0.29, 0.717) is 17.2 Å². The van der Waals surface area contributed by atoms with Gasteiger partial charge in [-0.15, -0.1) is 0 Å². The number of rotatable bonds is 6. The summed E-state index contributed by atoms with van der Waals surface area (Å²) in [5.74, 6) is 0.411. The van der Waals surface area contributed by atoms with Crippen molar-refractivity contribution in [3.63, 3.8) is 0 Å². The molecule has 0 bridgehead atoms. The maximum atomic E-state index is 12.0. The lowest BCUT2D eigenvalue weighted by molar-refractivity contribution is -0.121. The smallest absolute Gasteiger partial charge is 0.220 e. The van der Waals surface area contributed by atoms with Crippen molar-refractivity contribution >= 4 is 15.7 Å². The van der Waals surface area contributed by atoms with E-state index in [4.69, 9.17) is 0 Å². The van der Waals surface area contributed by atoms with E-state index in [1.54, 1.807) is 30.3 Å². The van der Waals surface area contributed by atoms with Crippen LogP contribution in [0, 0.1) is 5.92 Å². The van der Waals surface area contributed by atoms with Crippen molar-refractivity contribution in [1.29, 1.82) is 0 Å². The van der Waals surface area contributed by atoms with Gasteiger partial charge in [0.2, 0.25) is 5.91 Å². The summed E-state index contributed by atoms with van der Waals surface area (Å²) in [5, 5.41) is 2.72. The molecule has 2 rings (SSSR count). The first kappa shape index (κ1) is 15.0. The molecule has 0 saturated heterocycles. The number of nitrogens with one attached hydrogen (secondary N) is 1. The fourth-order valence-electron chi connectivity index (χ4n) is 2.62. The average molecular weight is 295 g/mol. The van der Waals surface area contributed by atoms with Crippen LogP contribution >= 0.6 is 0 Å². The minimum absolute atomic E-state index is 0.0276. The number of carbonyl (C=O) groups excluding carboxylic acids is 1. The minimum atomic E-state index is -3.30. The highest BCUT2D eigenvalue weighted by Crippen LogP contribution is 2.27. The first-order valence-electron chi connectivity index (χ1n) is 7.12. The number of carbonyl (C=O) groups is 1. The van der Waals surface area contributed by atoms with Crippen LogP contribution in [0.3, 0.4) is 0 Å². The molecule has 1 saturated carbocycles. The fraction of sp³-hybridized carbons (Fsp3) is 0.533. The zero-order valence-corrected chi connectivity index (χ0v) is 12.4. The molecule has 1 aromatic rings. The van der Waals surface area contributed by atoms with Gasteiger partial charge < -0.3 is 5.32 Å². The Bertz CT molecular complexity index is 533. The molecule has 1 N–H and O–H groups in total. The number of amides is 1. The quantitative estimate of drug-likeness (QED) is 0.874. The van der Waals surface area contributed by atoms with E-state index >= 15 is 0 Å². The number of hydrogen-bond donors (Lipinski definition) is 1. The molecule has 1 amide bonds. The maximum Gasteiger partial charge on any atom is 0.220 e. The van der Waals surface area contributed by atoms with E-state index in [1.807, 2.05) is 0 Å². The molecule has 1 fully saturated rings. The summed E-state index contributed by atoms with van der Waals surface area (Å²) < 4.78 is 24.0. The van der Waals surface area contributed by atoms with Gasteiger partial charge in [0.15, 0.2) is 9.84 Å². The van der Waals surface area contributed by atoms with Crippen LogP contribution in [0.4, 0.5) is 0 Å². The SMILES string of the molecule is O=C(CC1CCCC1)NCCS(=O)(=O)c1ccccc1. The second kappa shape index (κ2) is 6.88. The summed E-state index contributed by atoms with van der Waals surface area (Å²) in [6.45, 7) is 0.183. The van der Waals surface area contributed by atoms with Gasteiger partial charge in [-0.1, -0.05) is 31.0 Å². The molecule has 0 radical (unpaired) electrons. The van der Waals surface area contributed by atoms with Gasteiger partial charge in [-0.2, -0.15) is 0 Å². The molecule has 4 nitrogen and oxygen atoms in total. The highest BCUT2D eigenvalue weighted by molar-refractivity contribution is 7.91. The summed E-state index contributed by atoms with van der Waals surface area (Å²) in [6.07, 6.45) is 5.19. The van der Waals surface area contributed by atoms with Crippen LogP contribution < -0.4 is 5.32 Å². The normalized spacial score (nSPS) is 16.2. The van der Waals surface area contributed by atoms with Gasteiger partial charge in [0.1, 0.15) is 0 Å². The monoisotopic (exact) mass is 295 g/mol. The molecule has 110 valence electrons. The highest BCUT2D eigenvalue weighted by atomic mass is 32.2. The Hall–Kier alpha value is -1.36. The van der Waals surface area contributed by atoms with Crippen molar-refractivity contribution in [3.05, 3.63) is 30.3 Å². The number of sulfone groups is 1. The molecule has 20 heavy (non-hydrogen) atoms. The fourth-order valence-corrected chi connectivity index (χ4v) is 3.80. The number of hydrogen-bond acceptors (Lipinski definition) is 3. The predicted octanol–water partition coefficient (Wildman–Crippen LogP) is 2.16. The Labute approximate surface area is 120 Å². The Morgan fingerprint density at radius 2 is 1.80 bits per heavy atom. The Balaban J connectivity index is 1.76. The molecule has 0 heterocycles. The van der Waals surface area contributed by atoms with Crippen molar-refractivity contribution in [2.45, 2.75) is 37.0 Å². The molecule has 0 atom stereocenters. The summed E-state index contributed by atoms with van der Waals surface area (Å²) in [7, 11) is -3.30. The van der Waals surface area contributed by atoms with Crippen LogP contribution in [0.5, 0.6) is 0 Å². The lowest BCUT2D eigenvalue weighted by atomic mass is 10.0. The van der Waals surface area contributed by atoms with Crippen LogP contribution in [-0.4, -0.2) is 26.6 Å². The van der Waals surface area contributed by atoms with Crippen LogP contribution in [-0.2, 0) is 14.6 Å². The predicted molar refractivity (Wildman–Crippen MR) is 78.1 cm³/mol. The minimum Gasteiger partial charge on any atom is -0.355 e.